The molecule has 0 bridgehead atoms. The molecule has 0 radical (unpaired) electrons. The highest BCUT2D eigenvalue weighted by atomic mass is 31.3. The monoisotopic (exact) mass is 720 g/mol. The summed E-state index contributed by atoms with van der Waals surface area (Å²) in [7, 11) is -10.9. The lowest BCUT2D eigenvalue weighted by Gasteiger charge is -2.47. The molecule has 1 atom stereocenters. The molecule has 0 saturated heterocycles. The zero-order valence-electron chi connectivity index (χ0n) is 31.3. The van der Waals surface area contributed by atoms with E-state index in [9.17, 15) is 23.8 Å². The maximum absolute atomic E-state index is 13.9. The van der Waals surface area contributed by atoms with E-state index in [2.05, 4.69) is 96.1 Å². The normalized spacial score (nSPS) is 14.2. The standard InChI is InChI=1S/C41H54O7P2/c1-26(2)30-20-22-32(36(24-30)28(5)6)34-16-12-14-18-38(34)41(40(9,10)11,47-50(45,46)48-49(42,43)44)39-19-15-13-17-35(39)33-23-21-31(27(3)4)25-37(33)29(7)8/h12-29H,1-11H3,(H,45,46)(H2,42,43,44). The van der Waals surface area contributed by atoms with Crippen molar-refractivity contribution < 1.29 is 32.6 Å². The molecule has 4 rings (SSSR count). The first-order chi connectivity index (χ1) is 23.1. The lowest BCUT2D eigenvalue weighted by Crippen LogP contribution is -2.44. The third kappa shape index (κ3) is 8.43. The van der Waals surface area contributed by atoms with Crippen LogP contribution < -0.4 is 0 Å². The summed E-state index contributed by atoms with van der Waals surface area (Å²) in [5, 5.41) is 0. The first-order valence-electron chi connectivity index (χ1n) is 17.4. The van der Waals surface area contributed by atoms with Crippen LogP contribution in [0, 0.1) is 5.41 Å². The van der Waals surface area contributed by atoms with Gasteiger partial charge < -0.3 is 14.7 Å². The number of phosphoric acid groups is 2. The number of rotatable bonds is 12. The number of hydrogen-bond donors (Lipinski definition) is 3. The third-order valence-corrected chi connectivity index (χ3v) is 11.6. The van der Waals surface area contributed by atoms with Gasteiger partial charge in [-0.3, -0.25) is 4.52 Å². The summed E-state index contributed by atoms with van der Waals surface area (Å²) in [6, 6.07) is 28.1. The van der Waals surface area contributed by atoms with Crippen molar-refractivity contribution in [1.82, 2.24) is 0 Å². The Kier molecular flexibility index (Phi) is 12.0. The van der Waals surface area contributed by atoms with Crippen molar-refractivity contribution >= 4 is 15.6 Å². The van der Waals surface area contributed by atoms with Crippen LogP contribution in [0.15, 0.2) is 84.9 Å². The van der Waals surface area contributed by atoms with Gasteiger partial charge in [0.05, 0.1) is 0 Å². The van der Waals surface area contributed by atoms with Crippen LogP contribution in [-0.4, -0.2) is 14.7 Å². The molecule has 0 aromatic heterocycles. The highest BCUT2D eigenvalue weighted by Crippen LogP contribution is 2.66. The molecular formula is C41H54O7P2. The Hall–Kier alpha value is -2.86. The fourth-order valence-corrected chi connectivity index (χ4v) is 8.91. The van der Waals surface area contributed by atoms with Gasteiger partial charge in [0.25, 0.3) is 0 Å². The molecule has 0 saturated carbocycles. The van der Waals surface area contributed by atoms with E-state index in [0.29, 0.717) is 23.0 Å². The molecule has 0 aliphatic rings. The Morgan fingerprint density at radius 1 is 0.540 bits per heavy atom. The zero-order valence-corrected chi connectivity index (χ0v) is 33.1. The smallest absolute Gasteiger partial charge is 0.302 e. The Bertz CT molecular complexity index is 1810. The number of phosphoric ester groups is 1. The zero-order chi connectivity index (χ0) is 37.4. The van der Waals surface area contributed by atoms with Crippen LogP contribution in [0.1, 0.15) is 133 Å². The molecule has 0 fully saturated rings. The van der Waals surface area contributed by atoms with Crippen molar-refractivity contribution in [2.75, 3.05) is 0 Å². The van der Waals surface area contributed by atoms with Crippen molar-refractivity contribution in [1.29, 1.82) is 0 Å². The predicted molar refractivity (Wildman–Crippen MR) is 204 cm³/mol. The van der Waals surface area contributed by atoms with Gasteiger partial charge in [-0.15, -0.1) is 0 Å². The molecule has 9 heteroatoms. The highest BCUT2D eigenvalue weighted by molar-refractivity contribution is 7.60. The molecule has 7 nitrogen and oxygen atoms in total. The molecule has 0 aliphatic carbocycles. The van der Waals surface area contributed by atoms with E-state index < -0.39 is 26.7 Å². The van der Waals surface area contributed by atoms with Crippen LogP contribution >= 0.6 is 15.6 Å². The molecule has 4 aromatic carbocycles. The summed E-state index contributed by atoms with van der Waals surface area (Å²) in [5.74, 6) is 0.902. The van der Waals surface area contributed by atoms with E-state index in [1.807, 2.05) is 69.3 Å². The van der Waals surface area contributed by atoms with Gasteiger partial charge in [0.1, 0.15) is 5.60 Å². The summed E-state index contributed by atoms with van der Waals surface area (Å²) in [6.45, 7) is 22.9. The van der Waals surface area contributed by atoms with Crippen molar-refractivity contribution in [2.24, 2.45) is 5.41 Å². The maximum atomic E-state index is 13.9. The van der Waals surface area contributed by atoms with Crippen molar-refractivity contribution in [3.05, 3.63) is 118 Å². The van der Waals surface area contributed by atoms with Gasteiger partial charge in [-0.05, 0) is 79.3 Å². The second-order valence-corrected chi connectivity index (χ2v) is 18.2. The Labute approximate surface area is 299 Å². The van der Waals surface area contributed by atoms with Gasteiger partial charge in [-0.1, -0.05) is 161 Å². The summed E-state index contributed by atoms with van der Waals surface area (Å²) in [4.78, 5) is 30.8. The van der Waals surface area contributed by atoms with Crippen molar-refractivity contribution in [2.45, 2.75) is 105 Å². The molecular weight excluding hydrogens is 666 g/mol. The van der Waals surface area contributed by atoms with Crippen LogP contribution in [0.2, 0.25) is 0 Å². The van der Waals surface area contributed by atoms with Gasteiger partial charge in [0.15, 0.2) is 0 Å². The fraction of sp³-hybridized carbons (Fsp3) is 0.415. The van der Waals surface area contributed by atoms with E-state index in [0.717, 1.165) is 33.4 Å². The summed E-state index contributed by atoms with van der Waals surface area (Å²) in [6.07, 6.45) is 0. The van der Waals surface area contributed by atoms with Crippen LogP contribution in [-0.2, 0) is 23.6 Å². The van der Waals surface area contributed by atoms with Gasteiger partial charge in [0, 0.05) is 5.41 Å². The van der Waals surface area contributed by atoms with Crippen LogP contribution in [0.5, 0.6) is 0 Å². The minimum Gasteiger partial charge on any atom is -0.302 e. The lowest BCUT2D eigenvalue weighted by atomic mass is 9.64. The molecule has 0 amide bonds. The molecule has 0 aliphatic heterocycles. The number of benzene rings is 4. The van der Waals surface area contributed by atoms with E-state index in [1.165, 1.54) is 11.1 Å². The van der Waals surface area contributed by atoms with E-state index in [-0.39, 0.29) is 11.8 Å². The quantitative estimate of drug-likeness (QED) is 0.125. The summed E-state index contributed by atoms with van der Waals surface area (Å²) < 4.78 is 37.0. The van der Waals surface area contributed by atoms with Gasteiger partial charge >= 0.3 is 15.6 Å². The first kappa shape index (κ1) is 39.9. The minimum atomic E-state index is -5.46. The lowest BCUT2D eigenvalue weighted by molar-refractivity contribution is -0.0228. The molecule has 50 heavy (non-hydrogen) atoms. The second kappa shape index (κ2) is 15.0. The molecule has 4 aromatic rings. The Morgan fingerprint density at radius 2 is 0.920 bits per heavy atom. The van der Waals surface area contributed by atoms with Gasteiger partial charge in [-0.25, -0.2) is 9.13 Å². The number of hydrogen-bond acceptors (Lipinski definition) is 4. The average molecular weight is 721 g/mol. The highest BCUT2D eigenvalue weighted by Gasteiger charge is 2.54. The second-order valence-electron chi connectivity index (χ2n) is 15.5. The van der Waals surface area contributed by atoms with Gasteiger partial charge in [0.2, 0.25) is 0 Å². The summed E-state index contributed by atoms with van der Waals surface area (Å²) >= 11 is 0. The molecule has 0 spiro atoms. The fourth-order valence-electron chi connectivity index (χ4n) is 6.89. The molecule has 1 unspecified atom stereocenters. The van der Waals surface area contributed by atoms with Gasteiger partial charge in [-0.2, -0.15) is 4.31 Å². The minimum absolute atomic E-state index is 0.143. The Balaban J connectivity index is 2.22. The SMILES string of the molecule is CC(C)c1ccc(-c2ccccc2C(OP(=O)(O)OP(=O)(O)O)(c2ccccc2-c2ccc(C(C)C)cc2C(C)C)C(C)(C)C)c(C(C)C)c1. The van der Waals surface area contributed by atoms with E-state index in [1.54, 1.807) is 0 Å². The molecule has 270 valence electrons. The maximum Gasteiger partial charge on any atom is 0.482 e. The average Bonchev–Trinajstić information content (AvgIpc) is 3.01. The topological polar surface area (TPSA) is 113 Å². The van der Waals surface area contributed by atoms with Crippen LogP contribution in [0.25, 0.3) is 22.3 Å². The van der Waals surface area contributed by atoms with Crippen molar-refractivity contribution in [3.8, 4) is 22.3 Å². The first-order valence-corrected chi connectivity index (χ1v) is 20.4. The van der Waals surface area contributed by atoms with Crippen molar-refractivity contribution in [3.63, 3.8) is 0 Å². The predicted octanol–water partition coefficient (Wildman–Crippen LogP) is 12.0. The Morgan fingerprint density at radius 3 is 1.24 bits per heavy atom. The third-order valence-electron chi connectivity index (χ3n) is 9.44. The molecule has 3 N–H and O–H groups in total. The largest absolute Gasteiger partial charge is 0.482 e. The van der Waals surface area contributed by atoms with E-state index >= 15 is 0 Å². The van der Waals surface area contributed by atoms with Crippen LogP contribution in [0.3, 0.4) is 0 Å². The molecule has 0 heterocycles. The van der Waals surface area contributed by atoms with E-state index in [4.69, 9.17) is 4.52 Å². The summed E-state index contributed by atoms with van der Waals surface area (Å²) in [5.41, 5.74) is 6.34. The van der Waals surface area contributed by atoms with Crippen LogP contribution in [0.4, 0.5) is 0 Å².